The summed E-state index contributed by atoms with van der Waals surface area (Å²) in [5.41, 5.74) is 3.89. The molecule has 3 nitrogen and oxygen atoms in total. The predicted octanol–water partition coefficient (Wildman–Crippen LogP) is 3.29. The molecule has 0 fully saturated rings. The van der Waals surface area contributed by atoms with Crippen molar-refractivity contribution in [2.24, 2.45) is 0 Å². The zero-order chi connectivity index (χ0) is 12.9. The molecule has 3 heteroatoms. The minimum Gasteiger partial charge on any atom is -0.491 e. The zero-order valence-electron chi connectivity index (χ0n) is 11.4. The molecule has 0 bridgehead atoms. The summed E-state index contributed by atoms with van der Waals surface area (Å²) in [6.45, 7) is 10.7. The van der Waals surface area contributed by atoms with E-state index in [4.69, 9.17) is 9.57 Å². The molecule has 0 aliphatic heterocycles. The van der Waals surface area contributed by atoms with Crippen LogP contribution in [0, 0.1) is 0 Å². The van der Waals surface area contributed by atoms with Gasteiger partial charge in [-0.25, -0.2) is 0 Å². The third-order valence-corrected chi connectivity index (χ3v) is 1.98. The Morgan fingerprint density at radius 1 is 1.18 bits per heavy atom. The van der Waals surface area contributed by atoms with E-state index in [0.717, 1.165) is 11.3 Å². The molecule has 0 unspecified atom stereocenters. The Balaban J connectivity index is 2.58. The highest BCUT2D eigenvalue weighted by atomic mass is 16.7. The average molecular weight is 237 g/mol. The van der Waals surface area contributed by atoms with E-state index in [2.05, 4.69) is 5.48 Å². The van der Waals surface area contributed by atoms with Crippen molar-refractivity contribution in [1.82, 2.24) is 5.48 Å². The first-order valence-corrected chi connectivity index (χ1v) is 6.04. The summed E-state index contributed by atoms with van der Waals surface area (Å²) in [5, 5.41) is 0. The van der Waals surface area contributed by atoms with Gasteiger partial charge in [0, 0.05) is 12.1 Å². The number of nitrogens with one attached hydrogen (secondary N) is 1. The quantitative estimate of drug-likeness (QED) is 0.797. The lowest BCUT2D eigenvalue weighted by Crippen LogP contribution is -2.28. The largest absolute Gasteiger partial charge is 0.491 e. The Hall–Kier alpha value is -1.06. The molecule has 0 aliphatic carbocycles. The van der Waals surface area contributed by atoms with Gasteiger partial charge in [0.05, 0.1) is 11.7 Å². The van der Waals surface area contributed by atoms with Crippen LogP contribution >= 0.6 is 0 Å². The number of para-hydroxylation sites is 1. The Morgan fingerprint density at radius 3 is 2.41 bits per heavy atom. The summed E-state index contributed by atoms with van der Waals surface area (Å²) in [4.78, 5) is 5.49. The Kier molecular flexibility index (Phi) is 4.97. The van der Waals surface area contributed by atoms with E-state index in [1.165, 1.54) is 0 Å². The molecule has 0 saturated heterocycles. The fourth-order valence-corrected chi connectivity index (χ4v) is 1.35. The van der Waals surface area contributed by atoms with Crippen LogP contribution in [-0.4, -0.2) is 11.7 Å². The Morgan fingerprint density at radius 2 is 1.82 bits per heavy atom. The minimum atomic E-state index is -0.187. The third kappa shape index (κ3) is 5.71. The molecule has 0 aromatic heterocycles. The van der Waals surface area contributed by atoms with Crippen molar-refractivity contribution >= 4 is 0 Å². The Labute approximate surface area is 104 Å². The predicted molar refractivity (Wildman–Crippen MR) is 69.9 cm³/mol. The van der Waals surface area contributed by atoms with Crippen LogP contribution in [0.4, 0.5) is 0 Å². The SMILES string of the molecule is CC(C)Oc1ccccc1CNOC(C)(C)C. The number of ether oxygens (including phenoxy) is 1. The highest BCUT2D eigenvalue weighted by Gasteiger charge is 2.11. The highest BCUT2D eigenvalue weighted by molar-refractivity contribution is 5.33. The molecule has 96 valence electrons. The van der Waals surface area contributed by atoms with Crippen molar-refractivity contribution in [3.63, 3.8) is 0 Å². The van der Waals surface area contributed by atoms with Gasteiger partial charge in [0.25, 0.3) is 0 Å². The van der Waals surface area contributed by atoms with Gasteiger partial charge >= 0.3 is 0 Å². The highest BCUT2D eigenvalue weighted by Crippen LogP contribution is 2.19. The molecular formula is C14H23NO2. The van der Waals surface area contributed by atoms with E-state index < -0.39 is 0 Å². The molecule has 0 aliphatic rings. The maximum absolute atomic E-state index is 5.73. The first-order valence-electron chi connectivity index (χ1n) is 6.04. The Bertz CT molecular complexity index is 342. The second-order valence-electron chi connectivity index (χ2n) is 5.31. The van der Waals surface area contributed by atoms with Gasteiger partial charge in [0.1, 0.15) is 5.75 Å². The normalized spacial score (nSPS) is 11.9. The van der Waals surface area contributed by atoms with Crippen molar-refractivity contribution in [2.45, 2.75) is 52.9 Å². The number of hydrogen-bond acceptors (Lipinski definition) is 3. The van der Waals surface area contributed by atoms with E-state index in [1.54, 1.807) is 0 Å². The fourth-order valence-electron chi connectivity index (χ4n) is 1.35. The summed E-state index contributed by atoms with van der Waals surface area (Å²) in [5.74, 6) is 0.910. The van der Waals surface area contributed by atoms with Gasteiger partial charge in [-0.3, -0.25) is 4.84 Å². The van der Waals surface area contributed by atoms with Crippen molar-refractivity contribution < 1.29 is 9.57 Å². The van der Waals surface area contributed by atoms with Crippen LogP contribution < -0.4 is 10.2 Å². The molecule has 1 aromatic carbocycles. The van der Waals surface area contributed by atoms with Crippen molar-refractivity contribution in [3.05, 3.63) is 29.8 Å². The standard InChI is InChI=1S/C14H23NO2/c1-11(2)16-13-9-7-6-8-12(13)10-15-17-14(3,4)5/h6-9,11,15H,10H2,1-5H3. The monoisotopic (exact) mass is 237 g/mol. The second-order valence-corrected chi connectivity index (χ2v) is 5.31. The van der Waals surface area contributed by atoms with Crippen LogP contribution in [0.5, 0.6) is 5.75 Å². The molecule has 0 atom stereocenters. The van der Waals surface area contributed by atoms with Gasteiger partial charge in [-0.2, -0.15) is 5.48 Å². The van der Waals surface area contributed by atoms with Crippen LogP contribution in [0.2, 0.25) is 0 Å². The fraction of sp³-hybridized carbons (Fsp3) is 0.571. The van der Waals surface area contributed by atoms with Gasteiger partial charge in [0.2, 0.25) is 0 Å². The maximum Gasteiger partial charge on any atom is 0.124 e. The lowest BCUT2D eigenvalue weighted by molar-refractivity contribution is -0.0760. The van der Waals surface area contributed by atoms with Crippen LogP contribution in [-0.2, 0) is 11.4 Å². The smallest absolute Gasteiger partial charge is 0.124 e. The maximum atomic E-state index is 5.73. The van der Waals surface area contributed by atoms with Crippen LogP contribution in [0.3, 0.4) is 0 Å². The van der Waals surface area contributed by atoms with E-state index in [1.807, 2.05) is 58.9 Å². The molecule has 0 saturated carbocycles. The van der Waals surface area contributed by atoms with E-state index in [9.17, 15) is 0 Å². The zero-order valence-corrected chi connectivity index (χ0v) is 11.4. The number of rotatable bonds is 5. The van der Waals surface area contributed by atoms with Gasteiger partial charge in [-0.1, -0.05) is 18.2 Å². The average Bonchev–Trinajstić information content (AvgIpc) is 2.18. The van der Waals surface area contributed by atoms with Crippen molar-refractivity contribution in [3.8, 4) is 5.75 Å². The minimum absolute atomic E-state index is 0.180. The van der Waals surface area contributed by atoms with Gasteiger partial charge in [-0.15, -0.1) is 0 Å². The van der Waals surface area contributed by atoms with Gasteiger partial charge < -0.3 is 4.74 Å². The van der Waals surface area contributed by atoms with Crippen LogP contribution in [0.15, 0.2) is 24.3 Å². The van der Waals surface area contributed by atoms with Crippen molar-refractivity contribution in [2.75, 3.05) is 0 Å². The van der Waals surface area contributed by atoms with Crippen LogP contribution in [0.25, 0.3) is 0 Å². The van der Waals surface area contributed by atoms with Crippen molar-refractivity contribution in [1.29, 1.82) is 0 Å². The van der Waals surface area contributed by atoms with E-state index >= 15 is 0 Å². The molecule has 0 heterocycles. The number of hydroxylamine groups is 1. The summed E-state index contributed by atoms with van der Waals surface area (Å²) >= 11 is 0. The number of benzene rings is 1. The van der Waals surface area contributed by atoms with E-state index in [0.29, 0.717) is 6.54 Å². The summed E-state index contributed by atoms with van der Waals surface area (Å²) in [7, 11) is 0. The second kappa shape index (κ2) is 6.03. The summed E-state index contributed by atoms with van der Waals surface area (Å²) in [6, 6.07) is 8.00. The molecule has 0 amide bonds. The lowest BCUT2D eigenvalue weighted by atomic mass is 10.2. The van der Waals surface area contributed by atoms with Gasteiger partial charge in [0.15, 0.2) is 0 Å². The van der Waals surface area contributed by atoms with Crippen LogP contribution in [0.1, 0.15) is 40.2 Å². The first kappa shape index (κ1) is 14.0. The molecule has 1 aromatic rings. The molecule has 0 spiro atoms. The summed E-state index contributed by atoms with van der Waals surface area (Å²) in [6.07, 6.45) is 0.180. The molecular weight excluding hydrogens is 214 g/mol. The molecule has 1 N–H and O–H groups in total. The van der Waals surface area contributed by atoms with E-state index in [-0.39, 0.29) is 11.7 Å². The first-order chi connectivity index (χ1) is 7.88. The molecule has 0 radical (unpaired) electrons. The third-order valence-electron chi connectivity index (χ3n) is 1.98. The molecule has 17 heavy (non-hydrogen) atoms. The lowest BCUT2D eigenvalue weighted by Gasteiger charge is -2.20. The summed E-state index contributed by atoms with van der Waals surface area (Å²) < 4.78 is 5.73. The number of hydrogen-bond donors (Lipinski definition) is 1. The molecule has 1 rings (SSSR count). The van der Waals surface area contributed by atoms with Gasteiger partial charge in [-0.05, 0) is 40.7 Å². The topological polar surface area (TPSA) is 30.5 Å².